The molecule has 0 aliphatic rings. The van der Waals surface area contributed by atoms with Crippen molar-refractivity contribution < 1.29 is 19.1 Å². The molecule has 28 heavy (non-hydrogen) atoms. The van der Waals surface area contributed by atoms with Crippen LogP contribution in [-0.4, -0.2) is 30.9 Å². The van der Waals surface area contributed by atoms with Gasteiger partial charge < -0.3 is 15.4 Å². The largest absolute Gasteiger partial charge is 0.462 e. The average molecular weight is 382 g/mol. The molecule has 6 heteroatoms. The van der Waals surface area contributed by atoms with Crippen LogP contribution in [0.1, 0.15) is 36.7 Å². The first-order valence-corrected chi connectivity index (χ1v) is 9.25. The van der Waals surface area contributed by atoms with E-state index in [1.54, 1.807) is 45.0 Å². The average Bonchev–Trinajstić information content (AvgIpc) is 2.69. The molecule has 0 aliphatic heterocycles. The summed E-state index contributed by atoms with van der Waals surface area (Å²) in [6.45, 7) is 5.64. The van der Waals surface area contributed by atoms with Crippen LogP contribution in [0.15, 0.2) is 54.6 Å². The van der Waals surface area contributed by atoms with Crippen molar-refractivity contribution in [3.05, 3.63) is 65.7 Å². The second-order valence-corrected chi connectivity index (χ2v) is 6.87. The van der Waals surface area contributed by atoms with Crippen LogP contribution in [0.5, 0.6) is 0 Å². The topological polar surface area (TPSA) is 84.5 Å². The number of anilines is 1. The lowest BCUT2D eigenvalue weighted by Crippen LogP contribution is -2.45. The Kier molecular flexibility index (Phi) is 7.32. The van der Waals surface area contributed by atoms with E-state index in [1.807, 2.05) is 30.3 Å². The van der Waals surface area contributed by atoms with Crippen molar-refractivity contribution in [2.45, 2.75) is 27.2 Å². The molecule has 2 aromatic carbocycles. The quantitative estimate of drug-likeness (QED) is 0.542. The lowest BCUT2D eigenvalue weighted by atomic mass is 9.90. The van der Waals surface area contributed by atoms with Crippen molar-refractivity contribution in [2.75, 3.05) is 18.5 Å². The van der Waals surface area contributed by atoms with E-state index in [0.717, 1.165) is 5.56 Å². The van der Waals surface area contributed by atoms with Crippen LogP contribution >= 0.6 is 0 Å². The number of carbonyl (C=O) groups excluding carboxylic acids is 3. The van der Waals surface area contributed by atoms with Crippen molar-refractivity contribution in [3.63, 3.8) is 0 Å². The fourth-order valence-corrected chi connectivity index (χ4v) is 2.48. The predicted molar refractivity (Wildman–Crippen MR) is 108 cm³/mol. The van der Waals surface area contributed by atoms with Gasteiger partial charge in [-0.1, -0.05) is 30.3 Å². The first-order chi connectivity index (χ1) is 13.3. The van der Waals surface area contributed by atoms with Gasteiger partial charge in [-0.2, -0.15) is 0 Å². The monoisotopic (exact) mass is 382 g/mol. The summed E-state index contributed by atoms with van der Waals surface area (Å²) < 4.78 is 4.92. The fourth-order valence-electron chi connectivity index (χ4n) is 2.48. The summed E-state index contributed by atoms with van der Waals surface area (Å²) in [4.78, 5) is 36.7. The van der Waals surface area contributed by atoms with E-state index >= 15 is 0 Å². The van der Waals surface area contributed by atoms with E-state index < -0.39 is 17.3 Å². The number of hydrogen-bond donors (Lipinski definition) is 2. The lowest BCUT2D eigenvalue weighted by molar-refractivity contribution is -0.138. The van der Waals surface area contributed by atoms with Crippen LogP contribution < -0.4 is 10.6 Å². The Morgan fingerprint density at radius 1 is 0.929 bits per heavy atom. The Bertz CT molecular complexity index is 814. The van der Waals surface area contributed by atoms with Gasteiger partial charge >= 0.3 is 5.97 Å². The molecule has 0 saturated carbocycles. The van der Waals surface area contributed by atoms with Crippen molar-refractivity contribution in [3.8, 4) is 0 Å². The number of esters is 1. The summed E-state index contributed by atoms with van der Waals surface area (Å²) in [5, 5.41) is 5.53. The Morgan fingerprint density at radius 3 is 2.18 bits per heavy atom. The number of hydrogen-bond acceptors (Lipinski definition) is 4. The summed E-state index contributed by atoms with van der Waals surface area (Å²) in [5.74, 6) is -1.18. The summed E-state index contributed by atoms with van der Waals surface area (Å²) in [7, 11) is 0. The molecule has 0 radical (unpaired) electrons. The SMILES string of the molecule is CCOC(=O)c1ccc(NC(=O)C(C)(C)C(=O)NCCc2ccccc2)cc1. The highest BCUT2D eigenvalue weighted by atomic mass is 16.5. The maximum atomic E-state index is 12.6. The number of rotatable bonds is 8. The fraction of sp³-hybridized carbons (Fsp3) is 0.318. The zero-order valence-electron chi connectivity index (χ0n) is 16.5. The van der Waals surface area contributed by atoms with Gasteiger partial charge in [-0.25, -0.2) is 4.79 Å². The molecule has 6 nitrogen and oxygen atoms in total. The first kappa shape index (κ1) is 21.2. The maximum Gasteiger partial charge on any atom is 0.338 e. The lowest BCUT2D eigenvalue weighted by Gasteiger charge is -2.22. The van der Waals surface area contributed by atoms with Gasteiger partial charge in [0.25, 0.3) is 0 Å². The smallest absolute Gasteiger partial charge is 0.338 e. The van der Waals surface area contributed by atoms with Crippen molar-refractivity contribution in [1.29, 1.82) is 0 Å². The molecule has 2 aromatic rings. The molecule has 2 rings (SSSR count). The Balaban J connectivity index is 1.90. The van der Waals surface area contributed by atoms with Gasteiger partial charge in [-0.3, -0.25) is 9.59 Å². The first-order valence-electron chi connectivity index (χ1n) is 9.25. The molecule has 2 N–H and O–H groups in total. The van der Waals surface area contributed by atoms with Crippen molar-refractivity contribution >= 4 is 23.5 Å². The molecule has 0 unspecified atom stereocenters. The van der Waals surface area contributed by atoms with Crippen LogP contribution in [0, 0.1) is 5.41 Å². The number of nitrogens with one attached hydrogen (secondary N) is 2. The molecule has 0 saturated heterocycles. The Hall–Kier alpha value is -3.15. The molecule has 2 amide bonds. The van der Waals surface area contributed by atoms with E-state index in [-0.39, 0.29) is 5.91 Å². The predicted octanol–water partition coefficient (Wildman–Crippen LogP) is 3.19. The van der Waals surface area contributed by atoms with E-state index in [0.29, 0.717) is 30.8 Å². The Labute approximate surface area is 165 Å². The minimum atomic E-state index is -1.24. The molecule has 0 aromatic heterocycles. The molecular formula is C22H26N2O4. The molecule has 0 fully saturated rings. The van der Waals surface area contributed by atoms with Crippen molar-refractivity contribution in [1.82, 2.24) is 5.32 Å². The standard InChI is InChI=1S/C22H26N2O4/c1-4-28-19(25)17-10-12-18(13-11-17)24-21(27)22(2,3)20(26)23-15-14-16-8-6-5-7-9-16/h5-13H,4,14-15H2,1-3H3,(H,23,26)(H,24,27). The number of carbonyl (C=O) groups is 3. The number of ether oxygens (including phenoxy) is 1. The molecule has 0 aliphatic carbocycles. The number of benzene rings is 2. The van der Waals surface area contributed by atoms with E-state index in [2.05, 4.69) is 10.6 Å². The van der Waals surface area contributed by atoms with Gasteiger partial charge in [0.2, 0.25) is 11.8 Å². The van der Waals surface area contributed by atoms with E-state index in [9.17, 15) is 14.4 Å². The van der Waals surface area contributed by atoms with E-state index in [1.165, 1.54) is 0 Å². The third-order valence-electron chi connectivity index (χ3n) is 4.33. The van der Waals surface area contributed by atoms with Crippen LogP contribution in [0.2, 0.25) is 0 Å². The molecule has 148 valence electrons. The van der Waals surface area contributed by atoms with Crippen LogP contribution in [0.25, 0.3) is 0 Å². The maximum absolute atomic E-state index is 12.6. The summed E-state index contributed by atoms with van der Waals surface area (Å²) in [5.41, 5.74) is 0.781. The second kappa shape index (κ2) is 9.69. The summed E-state index contributed by atoms with van der Waals surface area (Å²) in [6.07, 6.45) is 0.694. The van der Waals surface area contributed by atoms with Crippen LogP contribution in [0.4, 0.5) is 5.69 Å². The number of amides is 2. The molecule has 0 bridgehead atoms. The highest BCUT2D eigenvalue weighted by Gasteiger charge is 2.35. The minimum absolute atomic E-state index is 0.297. The Morgan fingerprint density at radius 2 is 1.57 bits per heavy atom. The van der Waals surface area contributed by atoms with Crippen LogP contribution in [-0.2, 0) is 20.7 Å². The van der Waals surface area contributed by atoms with Gasteiger partial charge in [0, 0.05) is 12.2 Å². The normalized spacial score (nSPS) is 10.8. The van der Waals surface area contributed by atoms with Gasteiger partial charge in [-0.05, 0) is 57.0 Å². The summed E-state index contributed by atoms with van der Waals surface area (Å²) in [6, 6.07) is 16.2. The van der Waals surface area contributed by atoms with Gasteiger partial charge in [0.1, 0.15) is 5.41 Å². The third-order valence-corrected chi connectivity index (χ3v) is 4.33. The van der Waals surface area contributed by atoms with Gasteiger partial charge in [0.05, 0.1) is 12.2 Å². The molecule has 0 heterocycles. The highest BCUT2D eigenvalue weighted by Crippen LogP contribution is 2.20. The third kappa shape index (κ3) is 5.67. The summed E-state index contributed by atoms with van der Waals surface area (Å²) >= 11 is 0. The minimum Gasteiger partial charge on any atom is -0.462 e. The van der Waals surface area contributed by atoms with Gasteiger partial charge in [0.15, 0.2) is 0 Å². The second-order valence-electron chi connectivity index (χ2n) is 6.87. The van der Waals surface area contributed by atoms with Gasteiger partial charge in [-0.15, -0.1) is 0 Å². The zero-order valence-corrected chi connectivity index (χ0v) is 16.5. The molecule has 0 atom stereocenters. The van der Waals surface area contributed by atoms with Crippen LogP contribution in [0.3, 0.4) is 0 Å². The molecule has 0 spiro atoms. The molecular weight excluding hydrogens is 356 g/mol. The van der Waals surface area contributed by atoms with E-state index in [4.69, 9.17) is 4.74 Å². The van der Waals surface area contributed by atoms with Crippen molar-refractivity contribution in [2.24, 2.45) is 5.41 Å². The zero-order chi connectivity index (χ0) is 20.6. The highest BCUT2D eigenvalue weighted by molar-refractivity contribution is 6.09.